The predicted molar refractivity (Wildman–Crippen MR) is 56.6 cm³/mol. The van der Waals surface area contributed by atoms with E-state index >= 15 is 0 Å². The fraction of sp³-hybridized carbons (Fsp3) is 0.455. The van der Waals surface area contributed by atoms with Gasteiger partial charge in [-0.2, -0.15) is 0 Å². The third kappa shape index (κ3) is 1.72. The van der Waals surface area contributed by atoms with Gasteiger partial charge < -0.3 is 10.0 Å². The highest BCUT2D eigenvalue weighted by molar-refractivity contribution is 5.92. The van der Waals surface area contributed by atoms with Crippen LogP contribution in [0.3, 0.4) is 0 Å². The number of anilines is 1. The SMILES string of the molecule is CC(=O)N1CCC(O)c2nc(C)ccc21. The van der Waals surface area contributed by atoms with E-state index in [0.29, 0.717) is 18.7 Å². The molecule has 0 saturated heterocycles. The molecule has 1 amide bonds. The van der Waals surface area contributed by atoms with E-state index in [1.54, 1.807) is 4.90 Å². The van der Waals surface area contributed by atoms with Gasteiger partial charge in [0.1, 0.15) is 0 Å². The summed E-state index contributed by atoms with van der Waals surface area (Å²) in [4.78, 5) is 17.3. The molecule has 1 aromatic rings. The van der Waals surface area contributed by atoms with Crippen LogP contribution in [-0.2, 0) is 4.79 Å². The van der Waals surface area contributed by atoms with Gasteiger partial charge in [0, 0.05) is 19.2 Å². The van der Waals surface area contributed by atoms with Crippen LogP contribution < -0.4 is 4.90 Å². The second kappa shape index (κ2) is 3.62. The predicted octanol–water partition coefficient (Wildman–Crippen LogP) is 1.18. The molecule has 4 nitrogen and oxygen atoms in total. The zero-order valence-corrected chi connectivity index (χ0v) is 8.90. The first-order valence-corrected chi connectivity index (χ1v) is 5.03. The van der Waals surface area contributed by atoms with Crippen molar-refractivity contribution in [3.63, 3.8) is 0 Å². The molecule has 0 saturated carbocycles. The average molecular weight is 206 g/mol. The summed E-state index contributed by atoms with van der Waals surface area (Å²) in [7, 11) is 0. The smallest absolute Gasteiger partial charge is 0.223 e. The minimum absolute atomic E-state index is 0.00574. The number of hydrogen-bond donors (Lipinski definition) is 1. The molecule has 1 atom stereocenters. The van der Waals surface area contributed by atoms with E-state index in [1.165, 1.54) is 6.92 Å². The zero-order chi connectivity index (χ0) is 11.0. The van der Waals surface area contributed by atoms with E-state index in [0.717, 1.165) is 11.4 Å². The summed E-state index contributed by atoms with van der Waals surface area (Å²) in [5.74, 6) is -0.00574. The van der Waals surface area contributed by atoms with Crippen molar-refractivity contribution in [3.8, 4) is 0 Å². The van der Waals surface area contributed by atoms with Gasteiger partial charge in [-0.25, -0.2) is 0 Å². The number of amides is 1. The lowest BCUT2D eigenvalue weighted by Crippen LogP contribution is -2.35. The molecule has 80 valence electrons. The molecule has 1 unspecified atom stereocenters. The molecular formula is C11H14N2O2. The van der Waals surface area contributed by atoms with Gasteiger partial charge in [-0.05, 0) is 25.5 Å². The highest BCUT2D eigenvalue weighted by Crippen LogP contribution is 2.32. The molecule has 4 heteroatoms. The van der Waals surface area contributed by atoms with Crippen molar-refractivity contribution in [1.29, 1.82) is 0 Å². The maximum atomic E-state index is 11.4. The van der Waals surface area contributed by atoms with Crippen LogP contribution in [0.2, 0.25) is 0 Å². The molecule has 0 fully saturated rings. The first-order valence-electron chi connectivity index (χ1n) is 5.03. The molecule has 2 rings (SSSR count). The van der Waals surface area contributed by atoms with E-state index in [-0.39, 0.29) is 5.91 Å². The molecule has 0 radical (unpaired) electrons. The summed E-state index contributed by atoms with van der Waals surface area (Å²) < 4.78 is 0. The van der Waals surface area contributed by atoms with Crippen LogP contribution in [0.25, 0.3) is 0 Å². The maximum absolute atomic E-state index is 11.4. The summed E-state index contributed by atoms with van der Waals surface area (Å²) in [6.45, 7) is 3.97. The van der Waals surface area contributed by atoms with Crippen molar-refractivity contribution in [2.45, 2.75) is 26.4 Å². The second-order valence-electron chi connectivity index (χ2n) is 3.83. The number of pyridine rings is 1. The Morgan fingerprint density at radius 3 is 3.00 bits per heavy atom. The van der Waals surface area contributed by atoms with Crippen LogP contribution in [0.1, 0.15) is 30.8 Å². The van der Waals surface area contributed by atoms with Gasteiger partial charge in [0.05, 0.1) is 17.5 Å². The standard InChI is InChI=1S/C11H14N2O2/c1-7-3-4-9-11(12-7)10(15)5-6-13(9)8(2)14/h3-4,10,15H,5-6H2,1-2H3. The van der Waals surface area contributed by atoms with Crippen molar-refractivity contribution in [3.05, 3.63) is 23.5 Å². The molecule has 0 aromatic carbocycles. The molecule has 0 spiro atoms. The van der Waals surface area contributed by atoms with Gasteiger partial charge in [0.2, 0.25) is 5.91 Å². The second-order valence-corrected chi connectivity index (χ2v) is 3.83. The van der Waals surface area contributed by atoms with Gasteiger partial charge in [-0.15, -0.1) is 0 Å². The minimum Gasteiger partial charge on any atom is -0.387 e. The van der Waals surface area contributed by atoms with Crippen LogP contribution >= 0.6 is 0 Å². The normalized spacial score (nSPS) is 19.9. The van der Waals surface area contributed by atoms with E-state index < -0.39 is 6.10 Å². The first kappa shape index (κ1) is 10.1. The summed E-state index contributed by atoms with van der Waals surface area (Å²) >= 11 is 0. The number of aromatic nitrogens is 1. The number of aryl methyl sites for hydroxylation is 1. The van der Waals surface area contributed by atoms with E-state index in [9.17, 15) is 9.90 Å². The number of hydrogen-bond acceptors (Lipinski definition) is 3. The monoisotopic (exact) mass is 206 g/mol. The summed E-state index contributed by atoms with van der Waals surface area (Å²) in [6, 6.07) is 3.70. The highest BCUT2D eigenvalue weighted by Gasteiger charge is 2.26. The topological polar surface area (TPSA) is 53.4 Å². The van der Waals surface area contributed by atoms with Gasteiger partial charge >= 0.3 is 0 Å². The Hall–Kier alpha value is -1.42. The van der Waals surface area contributed by atoms with Crippen molar-refractivity contribution in [1.82, 2.24) is 4.98 Å². The van der Waals surface area contributed by atoms with E-state index in [2.05, 4.69) is 4.98 Å². The lowest BCUT2D eigenvalue weighted by Gasteiger charge is -2.30. The van der Waals surface area contributed by atoms with Crippen LogP contribution in [0, 0.1) is 6.92 Å². The summed E-state index contributed by atoms with van der Waals surface area (Å²) in [6.07, 6.45) is 0.0127. The molecule has 2 heterocycles. The van der Waals surface area contributed by atoms with Crippen LogP contribution in [-0.4, -0.2) is 22.5 Å². The van der Waals surface area contributed by atoms with Crippen molar-refractivity contribution >= 4 is 11.6 Å². The Morgan fingerprint density at radius 1 is 1.60 bits per heavy atom. The third-order valence-corrected chi connectivity index (χ3v) is 2.65. The Bertz CT molecular complexity index is 404. The molecule has 0 bridgehead atoms. The minimum atomic E-state index is -0.546. The molecule has 1 aliphatic rings. The van der Waals surface area contributed by atoms with Gasteiger partial charge in [0.25, 0.3) is 0 Å². The van der Waals surface area contributed by atoms with E-state index in [4.69, 9.17) is 0 Å². The average Bonchev–Trinajstić information content (AvgIpc) is 2.19. The number of carbonyl (C=O) groups is 1. The molecule has 1 aliphatic heterocycles. The Balaban J connectivity index is 2.50. The van der Waals surface area contributed by atoms with Gasteiger partial charge in [-0.3, -0.25) is 9.78 Å². The maximum Gasteiger partial charge on any atom is 0.223 e. The Kier molecular flexibility index (Phi) is 2.44. The number of aliphatic hydroxyl groups is 1. The van der Waals surface area contributed by atoms with Crippen molar-refractivity contribution in [2.75, 3.05) is 11.4 Å². The summed E-state index contributed by atoms with van der Waals surface area (Å²) in [5.41, 5.74) is 2.22. The first-order chi connectivity index (χ1) is 7.09. The van der Waals surface area contributed by atoms with Crippen molar-refractivity contribution in [2.24, 2.45) is 0 Å². The van der Waals surface area contributed by atoms with Crippen molar-refractivity contribution < 1.29 is 9.90 Å². The van der Waals surface area contributed by atoms with Gasteiger partial charge in [-0.1, -0.05) is 0 Å². The fourth-order valence-electron chi connectivity index (χ4n) is 1.88. The Labute approximate surface area is 88.6 Å². The number of rotatable bonds is 0. The van der Waals surface area contributed by atoms with Crippen LogP contribution in [0.4, 0.5) is 5.69 Å². The molecule has 1 aromatic heterocycles. The Morgan fingerprint density at radius 2 is 2.33 bits per heavy atom. The third-order valence-electron chi connectivity index (χ3n) is 2.65. The highest BCUT2D eigenvalue weighted by atomic mass is 16.3. The zero-order valence-electron chi connectivity index (χ0n) is 8.90. The quantitative estimate of drug-likeness (QED) is 0.693. The lowest BCUT2D eigenvalue weighted by molar-refractivity contribution is -0.116. The largest absolute Gasteiger partial charge is 0.387 e. The molecule has 1 N–H and O–H groups in total. The van der Waals surface area contributed by atoms with Crippen LogP contribution in [0.5, 0.6) is 0 Å². The molecule has 15 heavy (non-hydrogen) atoms. The van der Waals surface area contributed by atoms with E-state index in [1.807, 2.05) is 19.1 Å². The number of fused-ring (bicyclic) bond motifs is 1. The van der Waals surface area contributed by atoms with Crippen LogP contribution in [0.15, 0.2) is 12.1 Å². The molecular weight excluding hydrogens is 192 g/mol. The lowest BCUT2D eigenvalue weighted by atomic mass is 10.0. The molecule has 0 aliphatic carbocycles. The number of aliphatic hydroxyl groups excluding tert-OH is 1. The summed E-state index contributed by atoms with van der Waals surface area (Å²) in [5, 5.41) is 9.78. The number of nitrogens with zero attached hydrogens (tertiary/aromatic N) is 2. The fourth-order valence-corrected chi connectivity index (χ4v) is 1.88. The number of carbonyl (C=O) groups excluding carboxylic acids is 1. The van der Waals surface area contributed by atoms with Gasteiger partial charge in [0.15, 0.2) is 0 Å².